The van der Waals surface area contributed by atoms with Crippen LogP contribution in [-0.4, -0.2) is 41.8 Å². The van der Waals surface area contributed by atoms with Crippen LogP contribution in [0.25, 0.3) is 0 Å². The number of cyclic esters (lactones) is 1. The van der Waals surface area contributed by atoms with Crippen molar-refractivity contribution in [2.75, 3.05) is 29.9 Å². The number of ether oxygens (including phenoxy) is 2. The molecule has 0 saturated heterocycles. The number of fused-ring (bicyclic) bond motifs is 1. The van der Waals surface area contributed by atoms with E-state index in [2.05, 4.69) is 10.2 Å². The molecule has 0 bridgehead atoms. The molecule has 1 unspecified atom stereocenters. The first-order valence-electron chi connectivity index (χ1n) is 14.0. The lowest BCUT2D eigenvalue weighted by Crippen LogP contribution is -2.31. The molecule has 5 rings (SSSR count). The highest BCUT2D eigenvalue weighted by atomic mass is 16.6. The molecule has 42 heavy (non-hydrogen) atoms. The minimum atomic E-state index is -1.62. The van der Waals surface area contributed by atoms with Gasteiger partial charge in [0.15, 0.2) is 5.60 Å². The normalized spacial score (nSPS) is 15.6. The second-order valence-corrected chi connectivity index (χ2v) is 10.1. The molecular weight excluding hydrogens is 532 g/mol. The Kier molecular flexibility index (Phi) is 7.81. The Hall–Kier alpha value is -4.98. The Morgan fingerprint density at radius 2 is 1.64 bits per heavy atom. The van der Waals surface area contributed by atoms with Crippen molar-refractivity contribution in [2.45, 2.75) is 33.3 Å². The summed E-state index contributed by atoms with van der Waals surface area (Å²) in [7, 11) is 0. The van der Waals surface area contributed by atoms with Gasteiger partial charge >= 0.3 is 11.9 Å². The van der Waals surface area contributed by atoms with Gasteiger partial charge < -0.3 is 29.9 Å². The number of para-hydroxylation sites is 1. The van der Waals surface area contributed by atoms with Gasteiger partial charge in [0.2, 0.25) is 0 Å². The van der Waals surface area contributed by atoms with Crippen LogP contribution in [-0.2, 0) is 10.3 Å². The Morgan fingerprint density at radius 3 is 2.29 bits per heavy atom. The Labute approximate surface area is 245 Å². The topological polar surface area (TPSA) is 108 Å². The number of benzene rings is 4. The summed E-state index contributed by atoms with van der Waals surface area (Å²) in [4.78, 5) is 27.4. The maximum atomic E-state index is 13.5. The van der Waals surface area contributed by atoms with Crippen LogP contribution in [0.3, 0.4) is 0 Å². The number of nitrogens with zero attached hydrogens (tertiary/aromatic N) is 1. The third-order valence-electron chi connectivity index (χ3n) is 7.66. The third kappa shape index (κ3) is 4.89. The summed E-state index contributed by atoms with van der Waals surface area (Å²) in [5.74, 6) is -1.44. The molecular formula is C34H34N2O6. The summed E-state index contributed by atoms with van der Waals surface area (Å²) in [5.41, 5.74) is 3.04. The highest BCUT2D eigenvalue weighted by Gasteiger charge is 2.52. The first-order valence-corrected chi connectivity index (χ1v) is 14.0. The average Bonchev–Trinajstić information content (AvgIpc) is 3.28. The molecule has 216 valence electrons. The van der Waals surface area contributed by atoms with Crippen LogP contribution >= 0.6 is 0 Å². The van der Waals surface area contributed by atoms with Crippen molar-refractivity contribution in [2.24, 2.45) is 0 Å². The molecule has 0 aliphatic carbocycles. The molecule has 1 aliphatic rings. The van der Waals surface area contributed by atoms with E-state index in [4.69, 9.17) is 9.47 Å². The zero-order valence-corrected chi connectivity index (χ0v) is 24.1. The molecule has 0 aromatic heterocycles. The fraction of sp³-hybridized carbons (Fsp3) is 0.235. The molecule has 4 aromatic rings. The number of rotatable bonds is 10. The minimum Gasteiger partial charge on any atom is -0.507 e. The van der Waals surface area contributed by atoms with E-state index >= 15 is 0 Å². The minimum absolute atomic E-state index is 0.0389. The highest BCUT2D eigenvalue weighted by molar-refractivity contribution is 6.00. The number of phenolic OH excluding ortho intramolecular Hbond substituents is 1. The van der Waals surface area contributed by atoms with E-state index in [9.17, 15) is 19.8 Å². The van der Waals surface area contributed by atoms with E-state index in [1.165, 1.54) is 12.1 Å². The zero-order valence-electron chi connectivity index (χ0n) is 24.1. The highest BCUT2D eigenvalue weighted by Crippen LogP contribution is 2.53. The number of carboxylic acids is 1. The second-order valence-electron chi connectivity index (χ2n) is 10.1. The number of aromatic carboxylic acids is 1. The molecule has 0 saturated carbocycles. The van der Waals surface area contributed by atoms with Gasteiger partial charge in [0.25, 0.3) is 0 Å². The zero-order chi connectivity index (χ0) is 30.0. The quantitative estimate of drug-likeness (QED) is 0.179. The summed E-state index contributed by atoms with van der Waals surface area (Å²) in [6.07, 6.45) is 0. The van der Waals surface area contributed by atoms with Crippen molar-refractivity contribution in [3.05, 3.63) is 112 Å². The van der Waals surface area contributed by atoms with Gasteiger partial charge in [-0.15, -0.1) is 0 Å². The van der Waals surface area contributed by atoms with Crippen molar-refractivity contribution in [1.29, 1.82) is 0 Å². The lowest BCUT2D eigenvalue weighted by molar-refractivity contribution is 0.0238. The van der Waals surface area contributed by atoms with Crippen molar-refractivity contribution < 1.29 is 29.3 Å². The van der Waals surface area contributed by atoms with Crippen molar-refractivity contribution in [3.63, 3.8) is 0 Å². The number of hydrogen-bond donors (Lipinski definition) is 3. The van der Waals surface area contributed by atoms with Crippen LogP contribution in [0.5, 0.6) is 11.5 Å². The first kappa shape index (κ1) is 28.5. The summed E-state index contributed by atoms with van der Waals surface area (Å²) in [6, 6.07) is 23.1. The predicted molar refractivity (Wildman–Crippen MR) is 162 cm³/mol. The Balaban J connectivity index is 1.82. The molecule has 4 aromatic carbocycles. The SMILES string of the molecule is CCOc1cc(C)c(Nc2ccccc2)cc1C1(c2ccc(N(CC)CC)cc2O)OC(=O)c2cc(C(=O)O)ccc21. The molecule has 3 N–H and O–H groups in total. The number of aryl methyl sites for hydroxylation is 1. The monoisotopic (exact) mass is 566 g/mol. The van der Waals surface area contributed by atoms with Gasteiger partial charge in [-0.25, -0.2) is 9.59 Å². The van der Waals surface area contributed by atoms with E-state index < -0.39 is 17.5 Å². The lowest BCUT2D eigenvalue weighted by Gasteiger charge is -2.33. The molecule has 1 heterocycles. The summed E-state index contributed by atoms with van der Waals surface area (Å²) >= 11 is 0. The Bertz CT molecular complexity index is 1650. The average molecular weight is 567 g/mol. The maximum absolute atomic E-state index is 13.5. The summed E-state index contributed by atoms with van der Waals surface area (Å²) < 4.78 is 12.4. The summed E-state index contributed by atoms with van der Waals surface area (Å²) in [6.45, 7) is 9.73. The number of carbonyl (C=O) groups is 2. The standard InChI is InChI=1S/C34H34N2O6/c1-5-36(6-2)24-14-16-27(30(37)19-24)34(26-15-13-22(32(38)39)18-25(26)33(40)42-34)28-20-29(21(4)17-31(28)41-7-3)35-23-11-9-8-10-12-23/h8-20,35,37H,5-7H2,1-4H3,(H,38,39). The Morgan fingerprint density at radius 1 is 0.929 bits per heavy atom. The van der Waals surface area contributed by atoms with Crippen LogP contribution in [0.4, 0.5) is 17.1 Å². The smallest absolute Gasteiger partial charge is 0.340 e. The fourth-order valence-corrected chi connectivity index (χ4v) is 5.59. The number of phenols is 1. The maximum Gasteiger partial charge on any atom is 0.340 e. The number of esters is 1. The lowest BCUT2D eigenvalue weighted by atomic mass is 9.78. The van der Waals surface area contributed by atoms with Gasteiger partial charge in [-0.05, 0) is 81.8 Å². The number of aromatic hydroxyl groups is 1. The van der Waals surface area contributed by atoms with Crippen LogP contribution in [0.2, 0.25) is 0 Å². The van der Waals surface area contributed by atoms with E-state index in [1.807, 2.05) is 76.2 Å². The number of hydrogen-bond acceptors (Lipinski definition) is 7. The largest absolute Gasteiger partial charge is 0.507 e. The van der Waals surface area contributed by atoms with Crippen LogP contribution < -0.4 is 15.0 Å². The van der Waals surface area contributed by atoms with Crippen LogP contribution in [0.1, 0.15) is 63.7 Å². The van der Waals surface area contributed by atoms with Crippen molar-refractivity contribution in [3.8, 4) is 11.5 Å². The molecule has 0 radical (unpaired) electrons. The molecule has 1 aliphatic heterocycles. The number of carbonyl (C=O) groups excluding carboxylic acids is 1. The van der Waals surface area contributed by atoms with Crippen LogP contribution in [0, 0.1) is 6.92 Å². The predicted octanol–water partition coefficient (Wildman–Crippen LogP) is 6.85. The third-order valence-corrected chi connectivity index (χ3v) is 7.66. The summed E-state index contributed by atoms with van der Waals surface area (Å²) in [5, 5.41) is 24.7. The molecule has 0 fully saturated rings. The van der Waals surface area contributed by atoms with E-state index in [0.717, 1.165) is 35.7 Å². The van der Waals surface area contributed by atoms with Gasteiger partial charge in [0.1, 0.15) is 11.5 Å². The molecule has 8 heteroatoms. The number of carboxylic acid groups (broad SMARTS) is 1. The number of nitrogens with one attached hydrogen (secondary N) is 1. The van der Waals surface area contributed by atoms with Crippen LogP contribution in [0.15, 0.2) is 78.9 Å². The van der Waals surface area contributed by atoms with Gasteiger partial charge in [-0.2, -0.15) is 0 Å². The fourth-order valence-electron chi connectivity index (χ4n) is 5.59. The van der Waals surface area contributed by atoms with E-state index in [1.54, 1.807) is 18.2 Å². The van der Waals surface area contributed by atoms with E-state index in [-0.39, 0.29) is 16.9 Å². The van der Waals surface area contributed by atoms with Crippen molar-refractivity contribution >= 4 is 29.0 Å². The second kappa shape index (κ2) is 11.5. The molecule has 0 spiro atoms. The van der Waals surface area contributed by atoms with Crippen molar-refractivity contribution in [1.82, 2.24) is 0 Å². The van der Waals surface area contributed by atoms with Gasteiger partial charge in [0.05, 0.1) is 17.7 Å². The van der Waals surface area contributed by atoms with Gasteiger partial charge in [-0.1, -0.05) is 24.3 Å². The first-order chi connectivity index (χ1) is 20.2. The van der Waals surface area contributed by atoms with Gasteiger partial charge in [0, 0.05) is 52.9 Å². The molecule has 1 atom stereocenters. The van der Waals surface area contributed by atoms with Gasteiger partial charge in [-0.3, -0.25) is 0 Å². The van der Waals surface area contributed by atoms with E-state index in [0.29, 0.717) is 29.0 Å². The molecule has 0 amide bonds. The molecule has 8 nitrogen and oxygen atoms in total. The number of anilines is 3.